The Morgan fingerprint density at radius 3 is 2.65 bits per heavy atom. The smallest absolute Gasteiger partial charge is 0.247 e. The number of carbonyl (C=O) groups excluding carboxylic acids is 1. The van der Waals surface area contributed by atoms with Crippen molar-refractivity contribution in [2.75, 3.05) is 47.2 Å². The number of pyridine rings is 1. The number of piperidine rings is 1. The topological polar surface area (TPSA) is 130 Å². The number of hydrogen-bond donors (Lipinski definition) is 2. The molecule has 49 heavy (non-hydrogen) atoms. The Hall–Kier alpha value is -3.84. The fourth-order valence-electron chi connectivity index (χ4n) is 7.78. The quantitative estimate of drug-likeness (QED) is 0.252. The summed E-state index contributed by atoms with van der Waals surface area (Å²) in [5, 5.41) is 6.73. The third kappa shape index (κ3) is 6.47. The van der Waals surface area contributed by atoms with E-state index in [0.29, 0.717) is 61.0 Å². The molecule has 2 N–H and O–H groups in total. The number of benzene rings is 1. The molecule has 2 aromatic heterocycles. The van der Waals surface area contributed by atoms with E-state index in [-0.39, 0.29) is 35.6 Å². The number of rotatable bonds is 9. The second-order valence-corrected chi connectivity index (χ2v) is 17.3. The maximum Gasteiger partial charge on any atom is 0.247 e. The van der Waals surface area contributed by atoms with Crippen molar-refractivity contribution in [3.05, 3.63) is 48.8 Å². The number of ether oxygens (including phenoxy) is 1. The van der Waals surface area contributed by atoms with E-state index in [1.54, 1.807) is 12.4 Å². The summed E-state index contributed by atoms with van der Waals surface area (Å²) in [6, 6.07) is 5.58. The summed E-state index contributed by atoms with van der Waals surface area (Å²) < 4.78 is 46.4. The normalized spacial score (nSPS) is 26.3. The molecule has 3 unspecified atom stereocenters. The van der Waals surface area contributed by atoms with Gasteiger partial charge in [-0.2, -0.15) is 0 Å². The number of halogens is 1. The van der Waals surface area contributed by atoms with Crippen molar-refractivity contribution in [2.45, 2.75) is 94.5 Å². The largest absolute Gasteiger partial charge is 0.378 e. The molecule has 264 valence electrons. The van der Waals surface area contributed by atoms with Gasteiger partial charge in [0.1, 0.15) is 12.0 Å². The molecule has 3 saturated heterocycles. The molecular weight excluding hydrogens is 646 g/mol. The molecule has 5 atom stereocenters. The number of carbonyl (C=O) groups is 1. The van der Waals surface area contributed by atoms with Crippen LogP contribution in [0.25, 0.3) is 10.9 Å². The molecule has 6 rings (SSSR count). The Kier molecular flexibility index (Phi) is 9.62. The van der Waals surface area contributed by atoms with Gasteiger partial charge in [0, 0.05) is 72.9 Å². The Bertz CT molecular complexity index is 1850. The van der Waals surface area contributed by atoms with E-state index < -0.39 is 26.9 Å². The number of fused-ring (bicyclic) bond motifs is 1. The van der Waals surface area contributed by atoms with Gasteiger partial charge in [0.05, 0.1) is 33.8 Å². The van der Waals surface area contributed by atoms with Crippen LogP contribution < -0.4 is 20.4 Å². The molecule has 11 nitrogen and oxygen atoms in total. The van der Waals surface area contributed by atoms with Crippen molar-refractivity contribution >= 4 is 55.5 Å². The molecule has 0 radical (unpaired) electrons. The number of methoxy groups -OCH3 is 1. The van der Waals surface area contributed by atoms with Gasteiger partial charge in [0.15, 0.2) is 9.84 Å². The molecule has 0 spiro atoms. The molecule has 5 heterocycles. The zero-order chi connectivity index (χ0) is 35.2. The third-order valence-electron chi connectivity index (χ3n) is 10.8. The molecule has 3 fully saturated rings. The fourth-order valence-corrected chi connectivity index (χ4v) is 10.3. The first-order valence-electron chi connectivity index (χ1n) is 17.2. The minimum atomic E-state index is -3.30. The van der Waals surface area contributed by atoms with Crippen LogP contribution in [0, 0.1) is 5.92 Å². The number of amides is 1. The van der Waals surface area contributed by atoms with Crippen molar-refractivity contribution in [3.63, 3.8) is 0 Å². The summed E-state index contributed by atoms with van der Waals surface area (Å²) in [7, 11) is -1.76. The van der Waals surface area contributed by atoms with E-state index in [4.69, 9.17) is 14.7 Å². The number of alkyl halides is 1. The minimum Gasteiger partial charge on any atom is -0.378 e. The van der Waals surface area contributed by atoms with Crippen LogP contribution >= 0.6 is 0 Å². The first kappa shape index (κ1) is 35.0. The highest BCUT2D eigenvalue weighted by Gasteiger charge is 2.52. The molecule has 3 aliphatic heterocycles. The molecule has 3 aromatic rings. The van der Waals surface area contributed by atoms with E-state index >= 15 is 0 Å². The van der Waals surface area contributed by atoms with Crippen LogP contribution in [0.4, 0.5) is 33.2 Å². The summed E-state index contributed by atoms with van der Waals surface area (Å²) in [5.41, 5.74) is 3.70. The van der Waals surface area contributed by atoms with Crippen LogP contribution in [0.3, 0.4) is 0 Å². The highest BCUT2D eigenvalue weighted by Crippen LogP contribution is 2.47. The lowest BCUT2D eigenvalue weighted by Gasteiger charge is -2.53. The number of sulfone groups is 1. The molecular formula is C36H48FN7O4S. The Morgan fingerprint density at radius 2 is 1.98 bits per heavy atom. The number of nitrogens with one attached hydrogen (secondary N) is 2. The molecule has 3 aliphatic rings. The Morgan fingerprint density at radius 1 is 1.20 bits per heavy atom. The fraction of sp³-hybridized carbons (Fsp3) is 0.556. The minimum absolute atomic E-state index is 0.00760. The maximum absolute atomic E-state index is 14.6. The van der Waals surface area contributed by atoms with Gasteiger partial charge >= 0.3 is 0 Å². The van der Waals surface area contributed by atoms with E-state index in [2.05, 4.69) is 34.0 Å². The molecule has 0 aliphatic carbocycles. The van der Waals surface area contributed by atoms with Crippen molar-refractivity contribution < 1.29 is 22.3 Å². The van der Waals surface area contributed by atoms with Crippen molar-refractivity contribution in [1.29, 1.82) is 0 Å². The summed E-state index contributed by atoms with van der Waals surface area (Å²) in [4.78, 5) is 30.9. The number of anilines is 5. The zero-order valence-corrected chi connectivity index (χ0v) is 30.1. The first-order valence-corrected chi connectivity index (χ1v) is 18.7. The second kappa shape index (κ2) is 13.5. The number of nitrogens with zero attached hydrogens (tertiary/aromatic N) is 5. The summed E-state index contributed by atoms with van der Waals surface area (Å²) in [6.07, 6.45) is 6.01. The predicted octanol–water partition coefficient (Wildman–Crippen LogP) is 6.15. The van der Waals surface area contributed by atoms with Crippen molar-refractivity contribution in [3.8, 4) is 0 Å². The highest BCUT2D eigenvalue weighted by molar-refractivity contribution is 7.93. The molecule has 13 heteroatoms. The predicted molar refractivity (Wildman–Crippen MR) is 193 cm³/mol. The molecule has 0 saturated carbocycles. The third-order valence-corrected chi connectivity index (χ3v) is 13.9. The monoisotopic (exact) mass is 693 g/mol. The van der Waals surface area contributed by atoms with Crippen LogP contribution in [0.15, 0.2) is 43.2 Å². The van der Waals surface area contributed by atoms with E-state index in [9.17, 15) is 17.6 Å². The average Bonchev–Trinajstić information content (AvgIpc) is 3.05. The van der Waals surface area contributed by atoms with Gasteiger partial charge < -0.3 is 25.2 Å². The van der Waals surface area contributed by atoms with Gasteiger partial charge in [0.2, 0.25) is 11.9 Å². The van der Waals surface area contributed by atoms with Gasteiger partial charge in [-0.05, 0) is 64.2 Å². The first-order chi connectivity index (χ1) is 23.2. The number of hydrogen-bond acceptors (Lipinski definition) is 10. The Balaban J connectivity index is 1.34. The molecule has 1 amide bonds. The standard InChI is InChI=1S/C36H48FN7O4S/c1-8-32(45)41-27-17-28(44-19-25(22(44)4)30-10-9-13-36(5,6)49(30,46)47)24-18-39-35(42-34(24)33(27)21(2)3)40-23-11-14-38-31(16-23)43-15-12-29(48-7)26(37)20-43/h8,11,14,16-18,21-22,25-26,29-30H,1,9-10,12-13,15,19-20H2,2-7H3,(H,41,45)(H,38,39,40,42)/t22?,25?,26-,29+,30?/m0/s1. The van der Waals surface area contributed by atoms with Gasteiger partial charge in [0.25, 0.3) is 0 Å². The molecule has 1 aromatic carbocycles. The average molecular weight is 694 g/mol. The molecule has 0 bridgehead atoms. The van der Waals surface area contributed by atoms with Gasteiger partial charge in [-0.25, -0.2) is 27.8 Å². The van der Waals surface area contributed by atoms with E-state index in [1.165, 1.54) is 13.2 Å². The lowest BCUT2D eigenvalue weighted by Crippen LogP contribution is -2.63. The summed E-state index contributed by atoms with van der Waals surface area (Å²) in [5.74, 6) is 0.653. The van der Waals surface area contributed by atoms with Gasteiger partial charge in [-0.1, -0.05) is 26.8 Å². The second-order valence-electron chi connectivity index (χ2n) is 14.5. The summed E-state index contributed by atoms with van der Waals surface area (Å²) >= 11 is 0. The van der Waals surface area contributed by atoms with Crippen molar-refractivity contribution in [2.24, 2.45) is 5.92 Å². The SMILES string of the molecule is C=CC(=O)Nc1cc(N2CC(C3CCCC(C)(C)S3(=O)=O)C2C)c2cnc(Nc3ccnc(N4CC[C@@H](OC)[C@@H](F)C4)c3)nc2c1C(C)C. The van der Waals surface area contributed by atoms with E-state index in [0.717, 1.165) is 23.1 Å². The Labute approximate surface area is 288 Å². The van der Waals surface area contributed by atoms with Gasteiger partial charge in [-0.15, -0.1) is 0 Å². The van der Waals surface area contributed by atoms with Gasteiger partial charge in [-0.3, -0.25) is 4.79 Å². The van der Waals surface area contributed by atoms with Crippen LogP contribution in [-0.2, 0) is 19.4 Å². The highest BCUT2D eigenvalue weighted by atomic mass is 32.2. The van der Waals surface area contributed by atoms with Crippen molar-refractivity contribution in [1.82, 2.24) is 15.0 Å². The van der Waals surface area contributed by atoms with E-state index in [1.807, 2.05) is 50.8 Å². The van der Waals surface area contributed by atoms with Crippen LogP contribution in [0.5, 0.6) is 0 Å². The maximum atomic E-state index is 14.6. The number of aromatic nitrogens is 3. The van der Waals surface area contributed by atoms with Crippen LogP contribution in [0.1, 0.15) is 71.8 Å². The lowest BCUT2D eigenvalue weighted by molar-refractivity contribution is -0.111. The zero-order valence-electron chi connectivity index (χ0n) is 29.2. The van der Waals surface area contributed by atoms with Crippen LogP contribution in [0.2, 0.25) is 0 Å². The summed E-state index contributed by atoms with van der Waals surface area (Å²) in [6.45, 7) is 14.9. The van der Waals surface area contributed by atoms with Crippen LogP contribution in [-0.4, -0.2) is 84.3 Å². The lowest BCUT2D eigenvalue weighted by atomic mass is 9.82.